The van der Waals surface area contributed by atoms with E-state index in [0.717, 1.165) is 18.4 Å². The van der Waals surface area contributed by atoms with Crippen LogP contribution in [0.3, 0.4) is 0 Å². The highest BCUT2D eigenvalue weighted by Gasteiger charge is 2.47. The van der Waals surface area contributed by atoms with Gasteiger partial charge in [0.1, 0.15) is 0 Å². The molecule has 0 bridgehead atoms. The van der Waals surface area contributed by atoms with Gasteiger partial charge < -0.3 is 5.11 Å². The van der Waals surface area contributed by atoms with Crippen LogP contribution in [0.15, 0.2) is 30.3 Å². The molecule has 0 aromatic heterocycles. The van der Waals surface area contributed by atoms with Gasteiger partial charge in [-0.05, 0) is 24.5 Å². The van der Waals surface area contributed by atoms with Crippen LogP contribution in [-0.4, -0.2) is 11.1 Å². The van der Waals surface area contributed by atoms with E-state index in [1.807, 2.05) is 18.2 Å². The number of hydrogen-bond acceptors (Lipinski definition) is 1. The van der Waals surface area contributed by atoms with Crippen LogP contribution in [0.1, 0.15) is 18.4 Å². The van der Waals surface area contributed by atoms with Crippen molar-refractivity contribution in [2.75, 3.05) is 0 Å². The van der Waals surface area contributed by atoms with Gasteiger partial charge in [-0.1, -0.05) is 42.0 Å². The number of halogens is 1. The molecule has 2 nitrogen and oxygen atoms in total. The lowest BCUT2D eigenvalue weighted by atomic mass is 10.1. The predicted octanol–water partition coefficient (Wildman–Crippen LogP) is 3.22. The van der Waals surface area contributed by atoms with Crippen molar-refractivity contribution in [2.45, 2.75) is 12.8 Å². The standard InChI is InChI=1S/C12H11ClO2/c13-10-4-2-1-3-9(10)5-6-12(7-8-12)11(14)15/h1-6H,7-8H2,(H,14,15)/b6-5+. The van der Waals surface area contributed by atoms with E-state index >= 15 is 0 Å². The van der Waals surface area contributed by atoms with Gasteiger partial charge in [0, 0.05) is 5.02 Å². The summed E-state index contributed by atoms with van der Waals surface area (Å²) < 4.78 is 0. The molecule has 1 saturated carbocycles. The van der Waals surface area contributed by atoms with Crippen LogP contribution in [-0.2, 0) is 4.79 Å². The second-order valence-electron chi connectivity index (χ2n) is 3.82. The molecule has 0 radical (unpaired) electrons. The Morgan fingerprint density at radius 2 is 2.07 bits per heavy atom. The van der Waals surface area contributed by atoms with Gasteiger partial charge in [-0.2, -0.15) is 0 Å². The molecule has 1 fully saturated rings. The van der Waals surface area contributed by atoms with Crippen LogP contribution in [0, 0.1) is 5.41 Å². The largest absolute Gasteiger partial charge is 0.481 e. The average Bonchev–Trinajstić information content (AvgIpc) is 2.98. The maximum absolute atomic E-state index is 10.9. The lowest BCUT2D eigenvalue weighted by Gasteiger charge is -2.02. The molecule has 0 spiro atoms. The summed E-state index contributed by atoms with van der Waals surface area (Å²) in [6.45, 7) is 0. The Morgan fingerprint density at radius 3 is 2.60 bits per heavy atom. The molecule has 0 amide bonds. The molecule has 0 heterocycles. The van der Waals surface area contributed by atoms with Gasteiger partial charge in [-0.15, -0.1) is 0 Å². The highest BCUT2D eigenvalue weighted by molar-refractivity contribution is 6.32. The first-order valence-electron chi connectivity index (χ1n) is 4.81. The molecule has 0 atom stereocenters. The van der Waals surface area contributed by atoms with Crippen molar-refractivity contribution < 1.29 is 9.90 Å². The molecular weight excluding hydrogens is 212 g/mol. The third kappa shape index (κ3) is 2.05. The van der Waals surface area contributed by atoms with Crippen molar-refractivity contribution >= 4 is 23.6 Å². The van der Waals surface area contributed by atoms with Crippen molar-refractivity contribution in [1.82, 2.24) is 0 Å². The lowest BCUT2D eigenvalue weighted by Crippen LogP contribution is -2.10. The minimum Gasteiger partial charge on any atom is -0.481 e. The molecule has 3 heteroatoms. The number of carbonyl (C=O) groups is 1. The molecule has 15 heavy (non-hydrogen) atoms. The van der Waals surface area contributed by atoms with Crippen molar-refractivity contribution in [1.29, 1.82) is 0 Å². The Labute approximate surface area is 93.2 Å². The first-order valence-corrected chi connectivity index (χ1v) is 5.19. The molecule has 0 saturated heterocycles. The quantitative estimate of drug-likeness (QED) is 0.853. The number of benzene rings is 1. The smallest absolute Gasteiger partial charge is 0.313 e. The first kappa shape index (κ1) is 10.2. The van der Waals surface area contributed by atoms with E-state index in [2.05, 4.69) is 0 Å². The number of carboxylic acid groups (broad SMARTS) is 1. The summed E-state index contributed by atoms with van der Waals surface area (Å²) in [5.41, 5.74) is 0.241. The molecule has 0 aliphatic heterocycles. The molecular formula is C12H11ClO2. The summed E-state index contributed by atoms with van der Waals surface area (Å²) in [5.74, 6) is -0.745. The zero-order valence-electron chi connectivity index (χ0n) is 8.11. The van der Waals surface area contributed by atoms with E-state index in [1.165, 1.54) is 0 Å². The Bertz CT molecular complexity index is 419. The van der Waals surface area contributed by atoms with Crippen LogP contribution in [0.2, 0.25) is 5.02 Å². The fourth-order valence-corrected chi connectivity index (χ4v) is 1.64. The molecule has 1 aromatic rings. The van der Waals surface area contributed by atoms with E-state index in [-0.39, 0.29) is 0 Å². The highest BCUT2D eigenvalue weighted by atomic mass is 35.5. The minimum absolute atomic E-state index is 0.626. The van der Waals surface area contributed by atoms with Crippen molar-refractivity contribution in [2.24, 2.45) is 5.41 Å². The minimum atomic E-state index is -0.745. The normalized spacial score (nSPS) is 17.9. The zero-order valence-corrected chi connectivity index (χ0v) is 8.87. The van der Waals surface area contributed by atoms with Crippen LogP contribution in [0.4, 0.5) is 0 Å². The van der Waals surface area contributed by atoms with E-state index in [0.29, 0.717) is 5.02 Å². The van der Waals surface area contributed by atoms with Gasteiger partial charge in [0.25, 0.3) is 0 Å². The fourth-order valence-electron chi connectivity index (χ4n) is 1.45. The van der Waals surface area contributed by atoms with Gasteiger partial charge >= 0.3 is 5.97 Å². The SMILES string of the molecule is O=C(O)C1(/C=C/c2ccccc2Cl)CC1. The van der Waals surface area contributed by atoms with E-state index < -0.39 is 11.4 Å². The van der Waals surface area contributed by atoms with Gasteiger partial charge in [0.2, 0.25) is 0 Å². The van der Waals surface area contributed by atoms with Crippen molar-refractivity contribution in [3.63, 3.8) is 0 Å². The molecule has 0 unspecified atom stereocenters. The summed E-state index contributed by atoms with van der Waals surface area (Å²) in [5, 5.41) is 9.61. The van der Waals surface area contributed by atoms with E-state index in [4.69, 9.17) is 16.7 Å². The Kier molecular flexibility index (Phi) is 2.53. The van der Waals surface area contributed by atoms with Crippen LogP contribution < -0.4 is 0 Å². The third-order valence-electron chi connectivity index (χ3n) is 2.70. The van der Waals surface area contributed by atoms with Crippen LogP contribution in [0.5, 0.6) is 0 Å². The molecule has 1 aliphatic rings. The monoisotopic (exact) mass is 222 g/mol. The Morgan fingerprint density at radius 1 is 1.40 bits per heavy atom. The molecule has 78 valence electrons. The summed E-state index contributed by atoms with van der Waals surface area (Å²) >= 11 is 5.95. The zero-order chi connectivity index (χ0) is 10.9. The topological polar surface area (TPSA) is 37.3 Å². The second kappa shape index (κ2) is 3.70. The Hall–Kier alpha value is -1.28. The summed E-state index contributed by atoms with van der Waals surface area (Å²) in [7, 11) is 0. The van der Waals surface area contributed by atoms with E-state index in [1.54, 1.807) is 18.2 Å². The van der Waals surface area contributed by atoms with Crippen molar-refractivity contribution in [3.8, 4) is 0 Å². The lowest BCUT2D eigenvalue weighted by molar-refractivity contribution is -0.141. The number of carboxylic acids is 1. The fraction of sp³-hybridized carbons (Fsp3) is 0.250. The maximum atomic E-state index is 10.9. The van der Waals surface area contributed by atoms with Gasteiger partial charge in [0.05, 0.1) is 5.41 Å². The van der Waals surface area contributed by atoms with Gasteiger partial charge in [0.15, 0.2) is 0 Å². The Balaban J connectivity index is 2.19. The predicted molar refractivity (Wildman–Crippen MR) is 59.8 cm³/mol. The van der Waals surface area contributed by atoms with Gasteiger partial charge in [-0.3, -0.25) is 4.79 Å². The molecule has 1 aromatic carbocycles. The second-order valence-corrected chi connectivity index (χ2v) is 4.22. The van der Waals surface area contributed by atoms with Gasteiger partial charge in [-0.25, -0.2) is 0 Å². The highest BCUT2D eigenvalue weighted by Crippen LogP contribution is 2.47. The summed E-state index contributed by atoms with van der Waals surface area (Å²) in [6.07, 6.45) is 4.99. The average molecular weight is 223 g/mol. The van der Waals surface area contributed by atoms with Crippen LogP contribution >= 0.6 is 11.6 Å². The third-order valence-corrected chi connectivity index (χ3v) is 3.05. The molecule has 1 N–H and O–H groups in total. The number of aliphatic carboxylic acids is 1. The van der Waals surface area contributed by atoms with Crippen molar-refractivity contribution in [3.05, 3.63) is 40.9 Å². The first-order chi connectivity index (χ1) is 7.14. The van der Waals surface area contributed by atoms with E-state index in [9.17, 15) is 4.79 Å². The maximum Gasteiger partial charge on any atom is 0.313 e. The summed E-state index contributed by atoms with van der Waals surface area (Å²) in [4.78, 5) is 10.9. The number of hydrogen-bond donors (Lipinski definition) is 1. The number of rotatable bonds is 3. The molecule has 1 aliphatic carbocycles. The summed E-state index contributed by atoms with van der Waals surface area (Å²) in [6, 6.07) is 7.40. The van der Waals surface area contributed by atoms with Crippen LogP contribution in [0.25, 0.3) is 6.08 Å². The molecule has 2 rings (SSSR count).